The van der Waals surface area contributed by atoms with Gasteiger partial charge < -0.3 is 20.0 Å². The van der Waals surface area contributed by atoms with E-state index in [2.05, 4.69) is 31.2 Å². The Morgan fingerprint density at radius 1 is 1.13 bits per heavy atom. The molecule has 1 saturated heterocycles. The number of carbonyl (C=O) groups is 1. The van der Waals surface area contributed by atoms with Gasteiger partial charge in [0, 0.05) is 60.0 Å². The number of H-pyrrole nitrogens is 2. The highest BCUT2D eigenvalue weighted by atomic mass is 19.4. The van der Waals surface area contributed by atoms with E-state index in [0.717, 1.165) is 64.9 Å². The second-order valence-corrected chi connectivity index (χ2v) is 10.4. The van der Waals surface area contributed by atoms with Gasteiger partial charge in [-0.25, -0.2) is 4.98 Å². The normalized spacial score (nSPS) is 23.4. The minimum atomic E-state index is -4.41. The molecule has 0 bridgehead atoms. The molecule has 2 aliphatic rings. The summed E-state index contributed by atoms with van der Waals surface area (Å²) in [6.45, 7) is 0.722. The molecule has 6 rings (SSSR count). The Morgan fingerprint density at radius 3 is 2.62 bits per heavy atom. The number of esters is 1. The zero-order chi connectivity index (χ0) is 27.1. The van der Waals surface area contributed by atoms with Crippen LogP contribution in [-0.2, 0) is 28.5 Å². The zero-order valence-corrected chi connectivity index (χ0v) is 21.5. The van der Waals surface area contributed by atoms with Crippen molar-refractivity contribution in [1.29, 1.82) is 0 Å². The summed E-state index contributed by atoms with van der Waals surface area (Å²) >= 11 is 0. The largest absolute Gasteiger partial charge is 0.468 e. The number of rotatable bonds is 6. The zero-order valence-electron chi connectivity index (χ0n) is 21.5. The van der Waals surface area contributed by atoms with Crippen molar-refractivity contribution in [3.63, 3.8) is 0 Å². The lowest BCUT2D eigenvalue weighted by Gasteiger charge is -2.50. The van der Waals surface area contributed by atoms with E-state index in [0.29, 0.717) is 12.8 Å². The predicted molar refractivity (Wildman–Crippen MR) is 140 cm³/mol. The third-order valence-electron chi connectivity index (χ3n) is 8.15. The van der Waals surface area contributed by atoms with Crippen molar-refractivity contribution in [2.24, 2.45) is 0 Å². The van der Waals surface area contributed by atoms with E-state index >= 15 is 0 Å². The molecule has 2 aromatic heterocycles. The van der Waals surface area contributed by atoms with Crippen molar-refractivity contribution in [2.45, 2.75) is 56.0 Å². The number of alkyl halides is 3. The Hall–Kier alpha value is -3.63. The van der Waals surface area contributed by atoms with Crippen molar-refractivity contribution >= 4 is 16.9 Å². The molecule has 204 valence electrons. The number of aromatic amines is 2. The molecule has 3 N–H and O–H groups in total. The lowest BCUT2D eigenvalue weighted by Crippen LogP contribution is -2.55. The van der Waals surface area contributed by atoms with Gasteiger partial charge in [0.15, 0.2) is 0 Å². The van der Waals surface area contributed by atoms with Crippen LogP contribution >= 0.6 is 0 Å². The van der Waals surface area contributed by atoms with Crippen LogP contribution in [-0.4, -0.2) is 51.6 Å². The van der Waals surface area contributed by atoms with E-state index in [9.17, 15) is 18.0 Å². The molecule has 0 spiro atoms. The summed E-state index contributed by atoms with van der Waals surface area (Å²) in [5.41, 5.74) is 4.27. The molecule has 4 atom stereocenters. The first-order valence-corrected chi connectivity index (χ1v) is 13.2. The van der Waals surface area contributed by atoms with Crippen LogP contribution in [0, 0.1) is 0 Å². The average molecular weight is 538 g/mol. The number of nitrogens with one attached hydrogen (secondary N) is 3. The van der Waals surface area contributed by atoms with Crippen molar-refractivity contribution in [3.05, 3.63) is 89.1 Å². The topological polar surface area (TPSA) is 86.0 Å². The Labute approximate surface area is 223 Å². The smallest absolute Gasteiger partial charge is 0.416 e. The first-order chi connectivity index (χ1) is 18.8. The van der Waals surface area contributed by atoms with Gasteiger partial charge >= 0.3 is 12.1 Å². The Bertz CT molecular complexity index is 1450. The fourth-order valence-electron chi connectivity index (χ4n) is 6.36. The molecular weight excluding hydrogens is 507 g/mol. The second-order valence-electron chi connectivity index (χ2n) is 10.4. The van der Waals surface area contributed by atoms with Crippen molar-refractivity contribution in [1.82, 2.24) is 25.2 Å². The average Bonchev–Trinajstić information content (AvgIpc) is 3.59. The molecule has 1 fully saturated rings. The van der Waals surface area contributed by atoms with Gasteiger partial charge in [0.25, 0.3) is 0 Å². The number of para-hydroxylation sites is 1. The molecule has 7 nitrogen and oxygen atoms in total. The number of ether oxygens (including phenoxy) is 1. The molecule has 10 heteroatoms. The number of fused-ring (bicyclic) bond motifs is 5. The number of nitrogens with zero attached hydrogens (tertiary/aromatic N) is 2. The van der Waals surface area contributed by atoms with Crippen LogP contribution in [0.5, 0.6) is 0 Å². The molecule has 0 amide bonds. The van der Waals surface area contributed by atoms with Gasteiger partial charge in [-0.15, -0.1) is 0 Å². The van der Waals surface area contributed by atoms with E-state index in [1.54, 1.807) is 24.7 Å². The Kier molecular flexibility index (Phi) is 6.68. The van der Waals surface area contributed by atoms with Gasteiger partial charge in [0.05, 0.1) is 25.0 Å². The van der Waals surface area contributed by atoms with Crippen LogP contribution in [0.15, 0.2) is 61.1 Å². The fourth-order valence-corrected chi connectivity index (χ4v) is 6.36. The van der Waals surface area contributed by atoms with Gasteiger partial charge in [0.1, 0.15) is 6.04 Å². The maximum atomic E-state index is 13.3. The summed E-state index contributed by atoms with van der Waals surface area (Å²) in [7, 11) is 1.39. The fraction of sp³-hybridized carbons (Fsp3) is 0.379. The Balaban J connectivity index is 1.39. The summed E-state index contributed by atoms with van der Waals surface area (Å²) in [5, 5.41) is 4.75. The van der Waals surface area contributed by atoms with Crippen molar-refractivity contribution in [3.8, 4) is 0 Å². The lowest BCUT2D eigenvalue weighted by atomic mass is 9.79. The number of halogens is 3. The van der Waals surface area contributed by atoms with E-state index < -0.39 is 17.8 Å². The third kappa shape index (κ3) is 4.83. The molecular formula is C29H30F3N5O2. The van der Waals surface area contributed by atoms with Gasteiger partial charge in [-0.2, -0.15) is 13.2 Å². The van der Waals surface area contributed by atoms with Crippen LogP contribution in [0.25, 0.3) is 10.9 Å². The standard InChI is InChI=1S/C29H30F3N5O2/c1-39-28(38)26-14-22-21-4-2-3-5-23(21)36-27(22)25-13-20(34-11-10-19-15-33-16-35-19)12-24(37(25)26)17-6-8-18(9-7-17)29(30,31)32/h2-9,15-16,20,24-26,34,36H,10-14H2,1H3,(H,33,35)/t20-,24+,25+,26+/m1/s1. The number of hydrogen-bond acceptors (Lipinski definition) is 5. The summed E-state index contributed by atoms with van der Waals surface area (Å²) < 4.78 is 45.3. The van der Waals surface area contributed by atoms with Gasteiger partial charge in [-0.1, -0.05) is 30.3 Å². The monoisotopic (exact) mass is 537 g/mol. The maximum absolute atomic E-state index is 13.3. The Morgan fingerprint density at radius 2 is 1.90 bits per heavy atom. The highest BCUT2D eigenvalue weighted by molar-refractivity contribution is 5.87. The number of piperidine rings is 1. The molecule has 39 heavy (non-hydrogen) atoms. The number of aromatic nitrogens is 3. The first kappa shape index (κ1) is 25.6. The molecule has 4 aromatic rings. The molecule has 0 saturated carbocycles. The molecule has 2 aromatic carbocycles. The molecule has 0 radical (unpaired) electrons. The maximum Gasteiger partial charge on any atom is 0.416 e. The van der Waals surface area contributed by atoms with E-state index in [1.807, 2.05) is 18.2 Å². The number of hydrogen-bond donors (Lipinski definition) is 3. The van der Waals surface area contributed by atoms with Crippen molar-refractivity contribution < 1.29 is 22.7 Å². The summed E-state index contributed by atoms with van der Waals surface area (Å²) in [4.78, 5) is 26.2. The number of benzene rings is 2. The van der Waals surface area contributed by atoms with Crippen LogP contribution in [0.1, 0.15) is 53.0 Å². The molecule has 0 aliphatic carbocycles. The van der Waals surface area contributed by atoms with Gasteiger partial charge in [0.2, 0.25) is 0 Å². The highest BCUT2D eigenvalue weighted by Gasteiger charge is 2.48. The summed E-state index contributed by atoms with van der Waals surface area (Å²) in [6, 6.07) is 12.5. The van der Waals surface area contributed by atoms with E-state index in [4.69, 9.17) is 4.74 Å². The SMILES string of the molecule is COC(=O)[C@@H]1Cc2c([nH]c3ccccc23)[C@@H]2C[C@H](NCCc3cnc[nH]3)C[C@@H](c3ccc(C(F)(F)F)cc3)N12. The predicted octanol–water partition coefficient (Wildman–Crippen LogP) is 5.09. The number of imidazole rings is 1. The summed E-state index contributed by atoms with van der Waals surface area (Å²) in [6.07, 6.45) is 1.68. The van der Waals surface area contributed by atoms with Gasteiger partial charge in [-0.3, -0.25) is 9.69 Å². The van der Waals surface area contributed by atoms with Crippen LogP contribution in [0.3, 0.4) is 0 Å². The third-order valence-corrected chi connectivity index (χ3v) is 8.15. The van der Waals surface area contributed by atoms with Gasteiger partial charge in [-0.05, 0) is 42.2 Å². The molecule has 2 aliphatic heterocycles. The molecule has 0 unspecified atom stereocenters. The van der Waals surface area contributed by atoms with Crippen LogP contribution in [0.4, 0.5) is 13.2 Å². The number of methoxy groups -OCH3 is 1. The van der Waals surface area contributed by atoms with Crippen molar-refractivity contribution in [2.75, 3.05) is 13.7 Å². The first-order valence-electron chi connectivity index (χ1n) is 13.2. The van der Waals surface area contributed by atoms with Crippen LogP contribution in [0.2, 0.25) is 0 Å². The minimum absolute atomic E-state index is 0.0807. The molecule has 4 heterocycles. The summed E-state index contributed by atoms with van der Waals surface area (Å²) in [5.74, 6) is -0.335. The van der Waals surface area contributed by atoms with E-state index in [-0.39, 0.29) is 24.1 Å². The quantitative estimate of drug-likeness (QED) is 0.299. The number of carbonyl (C=O) groups excluding carboxylic acids is 1. The second kappa shape index (κ2) is 10.2. The lowest BCUT2D eigenvalue weighted by molar-refractivity contribution is -0.152. The van der Waals surface area contributed by atoms with Crippen LogP contribution < -0.4 is 5.32 Å². The van der Waals surface area contributed by atoms with E-state index in [1.165, 1.54) is 7.11 Å². The highest BCUT2D eigenvalue weighted by Crippen LogP contribution is 2.49. The minimum Gasteiger partial charge on any atom is -0.468 e.